The molecule has 0 unspecified atom stereocenters. The normalized spacial score (nSPS) is 11.4. The van der Waals surface area contributed by atoms with Gasteiger partial charge >= 0.3 is 0 Å². The number of non-ortho nitro benzene ring substituents is 1. The molecule has 3 heterocycles. The van der Waals surface area contributed by atoms with Crippen LogP contribution in [0.3, 0.4) is 0 Å². The summed E-state index contributed by atoms with van der Waals surface area (Å²) in [5.74, 6) is 1.04. The van der Waals surface area contributed by atoms with E-state index in [-0.39, 0.29) is 11.2 Å². The summed E-state index contributed by atoms with van der Waals surface area (Å²) in [4.78, 5) is 28.3. The van der Waals surface area contributed by atoms with Crippen molar-refractivity contribution in [1.82, 2.24) is 9.66 Å². The molecule has 9 heteroatoms. The smallest absolute Gasteiger partial charge is 0.283 e. The maximum Gasteiger partial charge on any atom is 0.283 e. The van der Waals surface area contributed by atoms with Gasteiger partial charge in [-0.05, 0) is 36.8 Å². The number of rotatable bonds is 4. The zero-order valence-electron chi connectivity index (χ0n) is 14.0. The lowest BCUT2D eigenvalue weighted by atomic mass is 10.2. The molecular weight excluding hydrogens is 368 g/mol. The highest BCUT2D eigenvalue weighted by Gasteiger charge is 2.16. The van der Waals surface area contributed by atoms with Crippen molar-refractivity contribution in [1.29, 1.82) is 0 Å². The molecule has 0 fully saturated rings. The third-order valence-electron chi connectivity index (χ3n) is 3.96. The number of furan rings is 1. The van der Waals surface area contributed by atoms with Crippen LogP contribution in [-0.2, 0) is 0 Å². The number of nitro groups is 1. The minimum Gasteiger partial charge on any atom is -0.464 e. The van der Waals surface area contributed by atoms with Gasteiger partial charge in [0.1, 0.15) is 16.4 Å². The third kappa shape index (κ3) is 3.04. The maximum absolute atomic E-state index is 13.0. The van der Waals surface area contributed by atoms with E-state index in [0.717, 1.165) is 0 Å². The van der Waals surface area contributed by atoms with Crippen LogP contribution in [0.4, 0.5) is 5.69 Å². The minimum atomic E-state index is -0.472. The van der Waals surface area contributed by atoms with Crippen molar-refractivity contribution in [3.05, 3.63) is 79.9 Å². The summed E-state index contributed by atoms with van der Waals surface area (Å²) in [6.07, 6.45) is 3.01. The number of hydrogen-bond acceptors (Lipinski definition) is 7. The van der Waals surface area contributed by atoms with Crippen LogP contribution < -0.4 is 5.56 Å². The number of benzene rings is 1. The lowest BCUT2D eigenvalue weighted by molar-refractivity contribution is -0.384. The van der Waals surface area contributed by atoms with Crippen LogP contribution in [-0.4, -0.2) is 20.8 Å². The Labute approximate surface area is 156 Å². The van der Waals surface area contributed by atoms with E-state index in [1.165, 1.54) is 34.4 Å². The van der Waals surface area contributed by atoms with Crippen molar-refractivity contribution in [2.45, 2.75) is 6.92 Å². The Morgan fingerprint density at radius 2 is 2.07 bits per heavy atom. The van der Waals surface area contributed by atoms with E-state index in [4.69, 9.17) is 4.42 Å². The number of aryl methyl sites for hydroxylation is 1. The van der Waals surface area contributed by atoms with E-state index in [2.05, 4.69) is 10.1 Å². The highest BCUT2D eigenvalue weighted by molar-refractivity contribution is 7.17. The quantitative estimate of drug-likeness (QED) is 0.304. The average molecular weight is 380 g/mol. The first kappa shape index (κ1) is 16.9. The number of aromatic nitrogens is 2. The summed E-state index contributed by atoms with van der Waals surface area (Å²) in [5, 5.41) is 17.2. The van der Waals surface area contributed by atoms with Crippen molar-refractivity contribution in [3.63, 3.8) is 0 Å². The van der Waals surface area contributed by atoms with Crippen LogP contribution in [0.25, 0.3) is 21.5 Å². The molecule has 0 aliphatic rings. The molecule has 0 aliphatic carbocycles. The van der Waals surface area contributed by atoms with Crippen molar-refractivity contribution in [2.75, 3.05) is 0 Å². The molecule has 0 bridgehead atoms. The van der Waals surface area contributed by atoms with E-state index < -0.39 is 4.92 Å². The number of nitrogens with zero attached hydrogens (tertiary/aromatic N) is 4. The molecule has 0 aliphatic heterocycles. The van der Waals surface area contributed by atoms with E-state index in [1.807, 2.05) is 5.38 Å². The van der Waals surface area contributed by atoms with Gasteiger partial charge in [0.05, 0.1) is 22.8 Å². The molecule has 1 aromatic carbocycles. The average Bonchev–Trinajstić information content (AvgIpc) is 3.31. The van der Waals surface area contributed by atoms with E-state index in [9.17, 15) is 14.9 Å². The Morgan fingerprint density at radius 3 is 2.74 bits per heavy atom. The van der Waals surface area contributed by atoms with Crippen LogP contribution in [0, 0.1) is 17.0 Å². The molecule has 0 saturated heterocycles. The third-order valence-corrected chi connectivity index (χ3v) is 4.83. The molecule has 0 saturated carbocycles. The highest BCUT2D eigenvalue weighted by atomic mass is 32.1. The summed E-state index contributed by atoms with van der Waals surface area (Å²) >= 11 is 1.37. The molecule has 0 radical (unpaired) electrons. The largest absolute Gasteiger partial charge is 0.464 e. The van der Waals surface area contributed by atoms with Crippen molar-refractivity contribution < 1.29 is 9.34 Å². The molecule has 134 valence electrons. The summed E-state index contributed by atoms with van der Waals surface area (Å²) < 4.78 is 6.62. The molecular formula is C18H12N4O4S. The predicted molar refractivity (Wildman–Crippen MR) is 102 cm³/mol. The number of fused-ring (bicyclic) bond motifs is 1. The Morgan fingerprint density at radius 1 is 1.30 bits per heavy atom. The van der Waals surface area contributed by atoms with Gasteiger partial charge in [0.2, 0.25) is 0 Å². The van der Waals surface area contributed by atoms with Crippen LogP contribution in [0.15, 0.2) is 62.4 Å². The van der Waals surface area contributed by atoms with E-state index in [1.54, 1.807) is 37.5 Å². The minimum absolute atomic E-state index is 0.00931. The van der Waals surface area contributed by atoms with Gasteiger partial charge in [-0.1, -0.05) is 0 Å². The van der Waals surface area contributed by atoms with Gasteiger partial charge in [-0.25, -0.2) is 4.98 Å². The Bertz CT molecular complexity index is 1220. The summed E-state index contributed by atoms with van der Waals surface area (Å²) in [6, 6.07) is 9.43. The first-order valence-corrected chi connectivity index (χ1v) is 8.76. The van der Waals surface area contributed by atoms with E-state index in [0.29, 0.717) is 32.9 Å². The van der Waals surface area contributed by atoms with Gasteiger partial charge in [0.25, 0.3) is 11.2 Å². The van der Waals surface area contributed by atoms with Gasteiger partial charge < -0.3 is 4.42 Å². The molecule has 0 spiro atoms. The molecule has 0 atom stereocenters. The van der Waals surface area contributed by atoms with Gasteiger partial charge in [0, 0.05) is 23.1 Å². The fraction of sp³-hybridized carbons (Fsp3) is 0.0556. The molecule has 8 nitrogen and oxygen atoms in total. The Hall–Kier alpha value is -3.59. The first-order chi connectivity index (χ1) is 13.0. The number of thiophene rings is 1. The summed E-state index contributed by atoms with van der Waals surface area (Å²) in [6.45, 7) is 1.69. The fourth-order valence-corrected chi connectivity index (χ4v) is 3.60. The van der Waals surface area contributed by atoms with Crippen molar-refractivity contribution in [2.24, 2.45) is 5.10 Å². The molecule has 27 heavy (non-hydrogen) atoms. The second-order valence-corrected chi connectivity index (χ2v) is 6.53. The zero-order valence-corrected chi connectivity index (χ0v) is 14.8. The first-order valence-electron chi connectivity index (χ1n) is 7.88. The van der Waals surface area contributed by atoms with Gasteiger partial charge in [-0.2, -0.15) is 9.78 Å². The zero-order chi connectivity index (χ0) is 19.0. The van der Waals surface area contributed by atoms with Crippen LogP contribution in [0.2, 0.25) is 0 Å². The second-order valence-electron chi connectivity index (χ2n) is 5.68. The number of nitro benzene ring substituents is 1. The van der Waals surface area contributed by atoms with Crippen LogP contribution in [0.5, 0.6) is 0 Å². The van der Waals surface area contributed by atoms with Crippen molar-refractivity contribution in [3.8, 4) is 11.3 Å². The lowest BCUT2D eigenvalue weighted by Crippen LogP contribution is -2.20. The predicted octanol–water partition coefficient (Wildman–Crippen LogP) is 3.82. The Balaban J connectivity index is 1.78. The summed E-state index contributed by atoms with van der Waals surface area (Å²) in [7, 11) is 0. The van der Waals surface area contributed by atoms with Gasteiger partial charge in [-0.3, -0.25) is 14.9 Å². The fourth-order valence-electron chi connectivity index (χ4n) is 2.64. The molecule has 4 rings (SSSR count). The van der Waals surface area contributed by atoms with Gasteiger partial charge in [0.15, 0.2) is 0 Å². The van der Waals surface area contributed by atoms with Gasteiger partial charge in [-0.15, -0.1) is 11.3 Å². The van der Waals surface area contributed by atoms with Crippen LogP contribution in [0.1, 0.15) is 11.4 Å². The Kier molecular flexibility index (Phi) is 4.13. The summed E-state index contributed by atoms with van der Waals surface area (Å²) in [5.41, 5.74) is 0.994. The molecule has 0 amide bonds. The standard InChI is InChI=1S/C18H12N4O4S/c1-11-20-17-16(14(10-27-17)15-3-2-8-26-15)18(23)21(11)19-9-12-4-6-13(7-5-12)22(24)25/h2-10H,1H3/b19-9+. The highest BCUT2D eigenvalue weighted by Crippen LogP contribution is 2.31. The molecule has 0 N–H and O–H groups in total. The number of hydrogen-bond donors (Lipinski definition) is 0. The monoisotopic (exact) mass is 380 g/mol. The molecule has 4 aromatic rings. The topological polar surface area (TPSA) is 104 Å². The van der Waals surface area contributed by atoms with E-state index >= 15 is 0 Å². The van der Waals surface area contributed by atoms with Crippen LogP contribution >= 0.6 is 11.3 Å². The maximum atomic E-state index is 13.0. The SMILES string of the molecule is Cc1nc2scc(-c3ccco3)c2c(=O)n1/N=C/c1ccc([N+](=O)[O-])cc1. The lowest BCUT2D eigenvalue weighted by Gasteiger charge is -2.04. The van der Waals surface area contributed by atoms with Crippen molar-refractivity contribution >= 4 is 33.5 Å². The molecule has 3 aromatic heterocycles. The second kappa shape index (κ2) is 6.61.